The quantitative estimate of drug-likeness (QED) is 0.845. The van der Waals surface area contributed by atoms with Crippen LogP contribution in [0.1, 0.15) is 47.0 Å². The van der Waals surface area contributed by atoms with Crippen molar-refractivity contribution < 1.29 is 0 Å². The summed E-state index contributed by atoms with van der Waals surface area (Å²) < 4.78 is 0. The minimum Gasteiger partial charge on any atom is -0.315 e. The van der Waals surface area contributed by atoms with Gasteiger partial charge in [0.1, 0.15) is 0 Å². The Balaban J connectivity index is 1.98. The van der Waals surface area contributed by atoms with Crippen molar-refractivity contribution in [2.75, 3.05) is 33.2 Å². The Labute approximate surface area is 119 Å². The molecule has 0 radical (unpaired) electrons. The van der Waals surface area contributed by atoms with Crippen molar-refractivity contribution in [3.63, 3.8) is 0 Å². The average Bonchev–Trinajstić information content (AvgIpc) is 2.37. The van der Waals surface area contributed by atoms with E-state index in [4.69, 9.17) is 0 Å². The van der Waals surface area contributed by atoms with E-state index < -0.39 is 0 Å². The van der Waals surface area contributed by atoms with Crippen molar-refractivity contribution in [1.29, 1.82) is 0 Å². The first-order chi connectivity index (χ1) is 8.95. The first kappa shape index (κ1) is 15.3. The summed E-state index contributed by atoms with van der Waals surface area (Å²) in [5, 5.41) is 3.62. The van der Waals surface area contributed by atoms with Gasteiger partial charge in [-0.2, -0.15) is 0 Å². The maximum atomic E-state index is 3.62. The van der Waals surface area contributed by atoms with Crippen LogP contribution in [0.5, 0.6) is 0 Å². The van der Waals surface area contributed by atoms with Crippen LogP contribution in [-0.4, -0.2) is 61.2 Å². The van der Waals surface area contributed by atoms with Gasteiger partial charge in [0.25, 0.3) is 0 Å². The minimum atomic E-state index is 0.437. The van der Waals surface area contributed by atoms with Crippen LogP contribution >= 0.6 is 0 Å². The molecular formula is C16H33N3. The predicted octanol–water partition coefficient (Wildman–Crippen LogP) is 2.18. The maximum Gasteiger partial charge on any atom is 0.0271 e. The van der Waals surface area contributed by atoms with E-state index in [0.29, 0.717) is 17.5 Å². The molecule has 1 saturated heterocycles. The molecule has 0 amide bonds. The van der Waals surface area contributed by atoms with Crippen molar-refractivity contribution in [1.82, 2.24) is 15.1 Å². The van der Waals surface area contributed by atoms with Crippen LogP contribution in [0.4, 0.5) is 0 Å². The van der Waals surface area contributed by atoms with Crippen LogP contribution in [0.2, 0.25) is 0 Å². The molecule has 1 N–H and O–H groups in total. The van der Waals surface area contributed by atoms with Gasteiger partial charge in [0.2, 0.25) is 0 Å². The fraction of sp³-hybridized carbons (Fsp3) is 1.00. The van der Waals surface area contributed by atoms with E-state index in [1.807, 2.05) is 0 Å². The second-order valence-corrected chi connectivity index (χ2v) is 7.38. The first-order valence-corrected chi connectivity index (χ1v) is 8.11. The molecule has 2 unspecified atom stereocenters. The average molecular weight is 267 g/mol. The fourth-order valence-corrected chi connectivity index (χ4v) is 4.17. The predicted molar refractivity (Wildman–Crippen MR) is 82.5 cm³/mol. The smallest absolute Gasteiger partial charge is 0.0271 e. The van der Waals surface area contributed by atoms with Crippen LogP contribution in [-0.2, 0) is 0 Å². The highest BCUT2D eigenvalue weighted by molar-refractivity contribution is 4.98. The van der Waals surface area contributed by atoms with Crippen molar-refractivity contribution in [2.24, 2.45) is 5.41 Å². The molecular weight excluding hydrogens is 234 g/mol. The molecule has 0 aromatic rings. The Morgan fingerprint density at radius 2 is 1.74 bits per heavy atom. The molecule has 19 heavy (non-hydrogen) atoms. The summed E-state index contributed by atoms with van der Waals surface area (Å²) in [5.41, 5.74) is 0.437. The molecule has 2 rings (SSSR count). The van der Waals surface area contributed by atoms with E-state index in [1.54, 1.807) is 0 Å². The number of nitrogens with one attached hydrogen (secondary N) is 1. The van der Waals surface area contributed by atoms with Crippen molar-refractivity contribution in [2.45, 2.75) is 65.1 Å². The molecule has 0 aromatic carbocycles. The van der Waals surface area contributed by atoms with Crippen molar-refractivity contribution in [3.8, 4) is 0 Å². The molecule has 1 heterocycles. The van der Waals surface area contributed by atoms with Gasteiger partial charge in [0, 0.05) is 44.3 Å². The summed E-state index contributed by atoms with van der Waals surface area (Å²) >= 11 is 0. The maximum absolute atomic E-state index is 3.62. The lowest BCUT2D eigenvalue weighted by Gasteiger charge is -2.50. The molecule has 0 aromatic heterocycles. The summed E-state index contributed by atoms with van der Waals surface area (Å²) in [6, 6.07) is 2.08. The zero-order chi connectivity index (χ0) is 14.0. The molecule has 112 valence electrons. The Morgan fingerprint density at radius 1 is 1.11 bits per heavy atom. The lowest BCUT2D eigenvalue weighted by atomic mass is 9.70. The highest BCUT2D eigenvalue weighted by Crippen LogP contribution is 2.37. The number of hydrogen-bond acceptors (Lipinski definition) is 3. The van der Waals surface area contributed by atoms with Crippen molar-refractivity contribution >= 4 is 0 Å². The second kappa shape index (κ2) is 6.11. The van der Waals surface area contributed by atoms with E-state index in [0.717, 1.165) is 6.04 Å². The van der Waals surface area contributed by atoms with Crippen LogP contribution < -0.4 is 5.32 Å². The standard InChI is InChI=1S/C16H33N3/c1-13(2)18-9-11-19(12-10-18)14-7-6-8-16(3,4)15(14)17-5/h13-15,17H,6-12H2,1-5H3. The molecule has 1 aliphatic heterocycles. The van der Waals surface area contributed by atoms with Crippen LogP contribution in [0.25, 0.3) is 0 Å². The van der Waals surface area contributed by atoms with Crippen LogP contribution in [0, 0.1) is 5.41 Å². The minimum absolute atomic E-state index is 0.437. The summed E-state index contributed by atoms with van der Waals surface area (Å²) in [6.07, 6.45) is 4.12. The highest BCUT2D eigenvalue weighted by atomic mass is 15.3. The molecule has 0 spiro atoms. The molecule has 2 fully saturated rings. The lowest BCUT2D eigenvalue weighted by molar-refractivity contribution is 0.0144. The van der Waals surface area contributed by atoms with E-state index in [9.17, 15) is 0 Å². The zero-order valence-electron chi connectivity index (χ0n) is 13.6. The second-order valence-electron chi connectivity index (χ2n) is 7.38. The number of hydrogen-bond donors (Lipinski definition) is 1. The molecule has 2 aliphatic rings. The number of likely N-dealkylation sites (N-methyl/N-ethyl adjacent to an activating group) is 1. The third kappa shape index (κ3) is 3.32. The van der Waals surface area contributed by atoms with Crippen molar-refractivity contribution in [3.05, 3.63) is 0 Å². The molecule has 0 bridgehead atoms. The lowest BCUT2D eigenvalue weighted by Crippen LogP contribution is -2.61. The fourth-order valence-electron chi connectivity index (χ4n) is 4.17. The SMILES string of the molecule is CNC1C(N2CCN(C(C)C)CC2)CCCC1(C)C. The number of rotatable bonds is 3. The summed E-state index contributed by atoms with van der Waals surface area (Å²) in [7, 11) is 2.15. The molecule has 3 nitrogen and oxygen atoms in total. The molecule has 3 heteroatoms. The first-order valence-electron chi connectivity index (χ1n) is 8.11. The van der Waals surface area contributed by atoms with Crippen LogP contribution in [0.15, 0.2) is 0 Å². The number of nitrogens with zero attached hydrogens (tertiary/aromatic N) is 2. The largest absolute Gasteiger partial charge is 0.315 e. The van der Waals surface area contributed by atoms with Gasteiger partial charge < -0.3 is 5.32 Å². The molecule has 2 atom stereocenters. The summed E-state index contributed by atoms with van der Waals surface area (Å²) in [6.45, 7) is 14.5. The van der Waals surface area contributed by atoms with Gasteiger partial charge in [-0.1, -0.05) is 20.3 Å². The van der Waals surface area contributed by atoms with E-state index in [1.165, 1.54) is 45.4 Å². The van der Waals surface area contributed by atoms with Gasteiger partial charge in [-0.15, -0.1) is 0 Å². The number of piperazine rings is 1. The zero-order valence-corrected chi connectivity index (χ0v) is 13.6. The topological polar surface area (TPSA) is 18.5 Å². The highest BCUT2D eigenvalue weighted by Gasteiger charge is 2.41. The third-order valence-corrected chi connectivity index (χ3v) is 5.41. The Bertz CT molecular complexity index is 280. The Kier molecular flexibility index (Phi) is 4.91. The van der Waals surface area contributed by atoms with Gasteiger partial charge in [-0.3, -0.25) is 9.80 Å². The third-order valence-electron chi connectivity index (χ3n) is 5.41. The monoisotopic (exact) mass is 267 g/mol. The van der Waals surface area contributed by atoms with E-state index in [-0.39, 0.29) is 0 Å². The molecule has 1 saturated carbocycles. The van der Waals surface area contributed by atoms with Gasteiger partial charge in [-0.25, -0.2) is 0 Å². The van der Waals surface area contributed by atoms with Crippen LogP contribution in [0.3, 0.4) is 0 Å². The summed E-state index contributed by atoms with van der Waals surface area (Å²) in [5.74, 6) is 0. The Morgan fingerprint density at radius 3 is 2.26 bits per heavy atom. The normalized spacial score (nSPS) is 33.8. The van der Waals surface area contributed by atoms with Gasteiger partial charge in [0.05, 0.1) is 0 Å². The summed E-state index contributed by atoms with van der Waals surface area (Å²) in [4.78, 5) is 5.36. The van der Waals surface area contributed by atoms with Gasteiger partial charge >= 0.3 is 0 Å². The Hall–Kier alpha value is -0.120. The van der Waals surface area contributed by atoms with Gasteiger partial charge in [-0.05, 0) is 39.2 Å². The van der Waals surface area contributed by atoms with E-state index in [2.05, 4.69) is 49.9 Å². The van der Waals surface area contributed by atoms with E-state index >= 15 is 0 Å². The van der Waals surface area contributed by atoms with Gasteiger partial charge in [0.15, 0.2) is 0 Å². The molecule has 1 aliphatic carbocycles.